The first-order valence-electron chi connectivity index (χ1n) is 6.60. The third kappa shape index (κ3) is 4.09. The lowest BCUT2D eigenvalue weighted by Gasteiger charge is -2.35. The molecule has 21 heavy (non-hydrogen) atoms. The fourth-order valence-electron chi connectivity index (χ4n) is 2.33. The van der Waals surface area contributed by atoms with Crippen molar-refractivity contribution >= 4 is 29.3 Å². The molecule has 2 N–H and O–H groups in total. The predicted molar refractivity (Wildman–Crippen MR) is 79.0 cm³/mol. The van der Waals surface area contributed by atoms with Gasteiger partial charge in [-0.25, -0.2) is 9.59 Å². The first kappa shape index (κ1) is 15.6. The summed E-state index contributed by atoms with van der Waals surface area (Å²) in [5.74, 6) is -1.10. The second-order valence-corrected chi connectivity index (χ2v) is 5.56. The van der Waals surface area contributed by atoms with E-state index >= 15 is 0 Å². The van der Waals surface area contributed by atoms with Gasteiger partial charge in [0.2, 0.25) is 0 Å². The van der Waals surface area contributed by atoms with Crippen molar-refractivity contribution in [1.29, 1.82) is 0 Å². The van der Waals surface area contributed by atoms with Crippen LogP contribution in [0.2, 0.25) is 5.02 Å². The molecule has 2 rings (SSSR count). The molecule has 0 aliphatic carbocycles. The predicted octanol–water partition coefficient (Wildman–Crippen LogP) is 2.68. The highest BCUT2D eigenvalue weighted by Crippen LogP contribution is 2.20. The fraction of sp³-hybridized carbons (Fsp3) is 0.429. The van der Waals surface area contributed by atoms with Crippen LogP contribution < -0.4 is 5.32 Å². The molecule has 114 valence electrons. The number of aromatic carboxylic acids is 1. The van der Waals surface area contributed by atoms with Crippen molar-refractivity contribution in [2.45, 2.75) is 26.1 Å². The minimum absolute atomic E-state index is 0.0292. The summed E-state index contributed by atoms with van der Waals surface area (Å²) in [6.07, 6.45) is -0.0677. The molecule has 1 aliphatic heterocycles. The molecular weight excluding hydrogens is 296 g/mol. The van der Waals surface area contributed by atoms with Gasteiger partial charge in [0.25, 0.3) is 0 Å². The monoisotopic (exact) mass is 312 g/mol. The van der Waals surface area contributed by atoms with Crippen LogP contribution in [0, 0.1) is 0 Å². The summed E-state index contributed by atoms with van der Waals surface area (Å²) in [4.78, 5) is 24.8. The zero-order valence-corrected chi connectivity index (χ0v) is 12.6. The first-order valence-corrected chi connectivity index (χ1v) is 6.98. The van der Waals surface area contributed by atoms with Gasteiger partial charge < -0.3 is 20.1 Å². The van der Waals surface area contributed by atoms with E-state index in [0.29, 0.717) is 18.8 Å². The largest absolute Gasteiger partial charge is 0.478 e. The lowest BCUT2D eigenvalue weighted by atomic mass is 10.2. The molecule has 2 unspecified atom stereocenters. The normalized spacial score (nSPS) is 22.0. The van der Waals surface area contributed by atoms with E-state index in [1.54, 1.807) is 4.90 Å². The maximum atomic E-state index is 12.2. The lowest BCUT2D eigenvalue weighted by Crippen LogP contribution is -2.49. The minimum Gasteiger partial charge on any atom is -0.478 e. The van der Waals surface area contributed by atoms with Crippen LogP contribution in [-0.2, 0) is 4.74 Å². The third-order valence-electron chi connectivity index (χ3n) is 3.10. The number of benzene rings is 1. The number of carbonyl (C=O) groups is 2. The lowest BCUT2D eigenvalue weighted by molar-refractivity contribution is -0.0530. The highest BCUT2D eigenvalue weighted by molar-refractivity contribution is 6.31. The molecule has 1 heterocycles. The number of carbonyl (C=O) groups excluding carboxylic acids is 1. The van der Waals surface area contributed by atoms with Crippen molar-refractivity contribution in [2.24, 2.45) is 0 Å². The van der Waals surface area contributed by atoms with E-state index in [1.165, 1.54) is 18.2 Å². The fourth-order valence-corrected chi connectivity index (χ4v) is 2.57. The molecular formula is C14H17ClN2O4. The number of nitrogens with one attached hydrogen (secondary N) is 1. The van der Waals surface area contributed by atoms with Gasteiger partial charge in [-0.1, -0.05) is 11.6 Å². The highest BCUT2D eigenvalue weighted by atomic mass is 35.5. The number of urea groups is 1. The smallest absolute Gasteiger partial charge is 0.335 e. The van der Waals surface area contributed by atoms with Crippen LogP contribution in [0.15, 0.2) is 18.2 Å². The Morgan fingerprint density at radius 2 is 1.90 bits per heavy atom. The Balaban J connectivity index is 2.10. The number of anilines is 1. The molecule has 1 aliphatic rings. The van der Waals surface area contributed by atoms with Gasteiger partial charge in [-0.05, 0) is 32.0 Å². The van der Waals surface area contributed by atoms with Crippen molar-refractivity contribution in [3.8, 4) is 0 Å². The van der Waals surface area contributed by atoms with Crippen molar-refractivity contribution < 1.29 is 19.4 Å². The van der Waals surface area contributed by atoms with E-state index in [9.17, 15) is 9.59 Å². The van der Waals surface area contributed by atoms with Crippen LogP contribution >= 0.6 is 11.6 Å². The van der Waals surface area contributed by atoms with Crippen molar-refractivity contribution in [1.82, 2.24) is 4.90 Å². The van der Waals surface area contributed by atoms with Gasteiger partial charge in [0.15, 0.2) is 0 Å². The molecule has 0 saturated carbocycles. The maximum absolute atomic E-state index is 12.2. The van der Waals surface area contributed by atoms with E-state index in [2.05, 4.69) is 5.32 Å². The Morgan fingerprint density at radius 1 is 1.29 bits per heavy atom. The summed E-state index contributed by atoms with van der Waals surface area (Å²) in [6.45, 7) is 4.78. The van der Waals surface area contributed by atoms with Gasteiger partial charge in [0, 0.05) is 23.8 Å². The number of halogens is 1. The number of morpholine rings is 1. The Kier molecular flexibility index (Phi) is 4.69. The number of nitrogens with zero attached hydrogens (tertiary/aromatic N) is 1. The molecule has 6 nitrogen and oxygen atoms in total. The number of carboxylic acid groups (broad SMARTS) is 1. The zero-order valence-electron chi connectivity index (χ0n) is 11.8. The molecule has 0 spiro atoms. The second-order valence-electron chi connectivity index (χ2n) is 5.13. The Morgan fingerprint density at radius 3 is 2.48 bits per heavy atom. The molecule has 1 saturated heterocycles. The van der Waals surface area contributed by atoms with Gasteiger partial charge >= 0.3 is 12.0 Å². The summed E-state index contributed by atoms with van der Waals surface area (Å²) in [7, 11) is 0. The van der Waals surface area contributed by atoms with Crippen LogP contribution in [0.5, 0.6) is 0 Å². The summed E-state index contributed by atoms with van der Waals surface area (Å²) in [6, 6.07) is 3.92. The Labute approximate surface area is 127 Å². The average molecular weight is 313 g/mol. The van der Waals surface area contributed by atoms with Crippen LogP contribution in [0.1, 0.15) is 24.2 Å². The SMILES string of the molecule is CC1CN(C(=O)Nc2cc(Cl)cc(C(=O)O)c2)CC(C)O1. The zero-order chi connectivity index (χ0) is 15.6. The molecule has 0 aromatic heterocycles. The Hall–Kier alpha value is -1.79. The topological polar surface area (TPSA) is 78.9 Å². The van der Waals surface area contributed by atoms with E-state index in [-0.39, 0.29) is 28.8 Å². The number of rotatable bonds is 2. The molecule has 7 heteroatoms. The molecule has 2 atom stereocenters. The first-order chi connectivity index (χ1) is 9.85. The van der Waals surface area contributed by atoms with Gasteiger partial charge in [-0.3, -0.25) is 0 Å². The summed E-state index contributed by atoms with van der Waals surface area (Å²) in [5.41, 5.74) is 0.387. The van der Waals surface area contributed by atoms with Crippen LogP contribution in [0.4, 0.5) is 10.5 Å². The standard InChI is InChI=1S/C14H17ClN2O4/c1-8-6-17(7-9(2)21-8)14(20)16-12-4-10(13(18)19)3-11(15)5-12/h3-5,8-9H,6-7H2,1-2H3,(H,16,20)(H,18,19). The van der Waals surface area contributed by atoms with E-state index in [4.69, 9.17) is 21.4 Å². The summed E-state index contributed by atoms with van der Waals surface area (Å²) < 4.78 is 5.57. The highest BCUT2D eigenvalue weighted by Gasteiger charge is 2.26. The van der Waals surface area contributed by atoms with Crippen molar-refractivity contribution in [2.75, 3.05) is 18.4 Å². The second kappa shape index (κ2) is 6.32. The number of ether oxygens (including phenoxy) is 1. The number of amides is 2. The quantitative estimate of drug-likeness (QED) is 0.880. The van der Waals surface area contributed by atoms with Crippen molar-refractivity contribution in [3.63, 3.8) is 0 Å². The summed E-state index contributed by atoms with van der Waals surface area (Å²) >= 11 is 5.86. The summed E-state index contributed by atoms with van der Waals surface area (Å²) in [5, 5.41) is 11.9. The average Bonchev–Trinajstić information content (AvgIpc) is 2.36. The number of carboxylic acids is 1. The number of hydrogen-bond acceptors (Lipinski definition) is 3. The number of hydrogen-bond donors (Lipinski definition) is 2. The molecule has 1 fully saturated rings. The minimum atomic E-state index is -1.10. The molecule has 1 aromatic rings. The van der Waals surface area contributed by atoms with Gasteiger partial charge in [0.1, 0.15) is 0 Å². The van der Waals surface area contributed by atoms with Gasteiger partial charge in [-0.2, -0.15) is 0 Å². The molecule has 1 aromatic carbocycles. The van der Waals surface area contributed by atoms with Crippen LogP contribution in [0.3, 0.4) is 0 Å². The Bertz CT molecular complexity index is 554. The van der Waals surface area contributed by atoms with Gasteiger partial charge in [0.05, 0.1) is 17.8 Å². The van der Waals surface area contributed by atoms with E-state index < -0.39 is 5.97 Å². The van der Waals surface area contributed by atoms with E-state index in [0.717, 1.165) is 0 Å². The van der Waals surface area contributed by atoms with Crippen molar-refractivity contribution in [3.05, 3.63) is 28.8 Å². The maximum Gasteiger partial charge on any atom is 0.335 e. The third-order valence-corrected chi connectivity index (χ3v) is 3.32. The van der Waals surface area contributed by atoms with Gasteiger partial charge in [-0.15, -0.1) is 0 Å². The van der Waals surface area contributed by atoms with Crippen LogP contribution in [-0.4, -0.2) is 47.3 Å². The van der Waals surface area contributed by atoms with Crippen LogP contribution in [0.25, 0.3) is 0 Å². The molecule has 2 amide bonds. The molecule has 0 bridgehead atoms. The molecule has 0 radical (unpaired) electrons. The van der Waals surface area contributed by atoms with E-state index in [1.807, 2.05) is 13.8 Å².